The predicted octanol–water partition coefficient (Wildman–Crippen LogP) is -0.892. The van der Waals surface area contributed by atoms with Crippen LogP contribution in [0.15, 0.2) is 0 Å². The zero-order chi connectivity index (χ0) is 27.0. The van der Waals surface area contributed by atoms with Crippen molar-refractivity contribution >= 4 is 91.6 Å². The Kier molecular flexibility index (Phi) is 13.0. The molecule has 0 aromatic heterocycles. The lowest BCUT2D eigenvalue weighted by Gasteiger charge is -2.36. The smallest absolute Gasteiger partial charge is 0.408 e. The molecule has 202 valence electrons. The molecule has 7 N–H and O–H groups in total. The summed E-state index contributed by atoms with van der Waals surface area (Å²) in [4.78, 5) is 38.8. The van der Waals surface area contributed by atoms with Crippen LogP contribution in [-0.2, 0) is 9.53 Å². The van der Waals surface area contributed by atoms with E-state index in [9.17, 15) is 29.7 Å². The number of amides is 3. The van der Waals surface area contributed by atoms with Gasteiger partial charge in [0.05, 0.1) is 57.5 Å². The van der Waals surface area contributed by atoms with Crippen LogP contribution in [-0.4, -0.2) is 108 Å². The largest absolute Gasteiger partial charge is 0.412 e. The van der Waals surface area contributed by atoms with Gasteiger partial charge in [-0.2, -0.15) is 0 Å². The molecule has 1 heterocycles. The number of rotatable bonds is 10. The minimum Gasteiger partial charge on any atom is -0.408 e. The van der Waals surface area contributed by atoms with Gasteiger partial charge in [-0.3, -0.25) is 4.79 Å². The summed E-state index contributed by atoms with van der Waals surface area (Å²) in [5.41, 5.74) is 0.209. The minimum absolute atomic E-state index is 0.0336. The van der Waals surface area contributed by atoms with Crippen LogP contribution >= 0.6 is 67.8 Å². The van der Waals surface area contributed by atoms with Gasteiger partial charge in [-0.15, -0.1) is 0 Å². The fraction of sp³-hybridized carbons (Fsp3) is 0.526. The molecule has 3 unspecified atom stereocenters. The van der Waals surface area contributed by atoms with E-state index < -0.39 is 56.2 Å². The van der Waals surface area contributed by atoms with Crippen molar-refractivity contribution in [3.05, 3.63) is 10.7 Å². The van der Waals surface area contributed by atoms with Gasteiger partial charge in [0.25, 0.3) is 5.91 Å². The summed E-state index contributed by atoms with van der Waals surface area (Å²) in [7, 11) is 0. The normalized spacial score (nSPS) is 17.4. The van der Waals surface area contributed by atoms with E-state index in [1.165, 1.54) is 4.90 Å². The van der Waals surface area contributed by atoms with Crippen LogP contribution < -0.4 is 25.0 Å². The van der Waals surface area contributed by atoms with Crippen LogP contribution in [0.4, 0.5) is 15.3 Å². The highest BCUT2D eigenvalue weighted by Crippen LogP contribution is 2.46. The molecule has 36 heavy (non-hydrogen) atoms. The molecule has 1 aromatic rings. The van der Waals surface area contributed by atoms with Gasteiger partial charge in [0.15, 0.2) is 11.5 Å². The zero-order valence-electron chi connectivity index (χ0n) is 18.4. The molecule has 0 radical (unpaired) electrons. The monoisotopic (exact) mass is 851 g/mol. The Balaban J connectivity index is 2.53. The van der Waals surface area contributed by atoms with Crippen LogP contribution in [0, 0.1) is 10.7 Å². The SMILES string of the molecule is O=C(NCC(O)CO)Oc1c(I)c(OC(=O)NCC(O)CO)c(I)c(N2C(=O)COCC2CO)c1I. The van der Waals surface area contributed by atoms with Crippen LogP contribution in [0.3, 0.4) is 0 Å². The number of hydrogen-bond acceptors (Lipinski definition) is 11. The van der Waals surface area contributed by atoms with E-state index in [0.29, 0.717) is 0 Å². The predicted molar refractivity (Wildman–Crippen MR) is 148 cm³/mol. The number of nitrogens with zero attached hydrogens (tertiary/aromatic N) is 1. The summed E-state index contributed by atoms with van der Waals surface area (Å²) in [5, 5.41) is 51.2. The number of halogens is 3. The van der Waals surface area contributed by atoms with Crippen LogP contribution in [0.2, 0.25) is 0 Å². The molecule has 0 aliphatic carbocycles. The Labute approximate surface area is 246 Å². The van der Waals surface area contributed by atoms with E-state index in [-0.39, 0.29) is 54.2 Å². The van der Waals surface area contributed by atoms with Crippen LogP contribution in [0.25, 0.3) is 0 Å². The minimum atomic E-state index is -1.21. The van der Waals surface area contributed by atoms with Gasteiger partial charge in [-0.1, -0.05) is 0 Å². The highest BCUT2D eigenvalue weighted by molar-refractivity contribution is 14.1. The van der Waals surface area contributed by atoms with E-state index >= 15 is 0 Å². The van der Waals surface area contributed by atoms with E-state index in [2.05, 4.69) is 10.6 Å². The van der Waals surface area contributed by atoms with Gasteiger partial charge >= 0.3 is 12.2 Å². The van der Waals surface area contributed by atoms with Gasteiger partial charge in [0.2, 0.25) is 0 Å². The first-order valence-electron chi connectivity index (χ1n) is 10.3. The number of aliphatic hydroxyl groups excluding tert-OH is 5. The molecule has 2 rings (SSSR count). The van der Waals surface area contributed by atoms with Crippen molar-refractivity contribution in [2.45, 2.75) is 18.2 Å². The van der Waals surface area contributed by atoms with Crippen LogP contribution in [0.5, 0.6) is 11.5 Å². The number of hydrogen-bond donors (Lipinski definition) is 7. The highest BCUT2D eigenvalue weighted by atomic mass is 127. The highest BCUT2D eigenvalue weighted by Gasteiger charge is 2.36. The number of morpholine rings is 1. The number of anilines is 1. The molecule has 3 atom stereocenters. The molecule has 1 aliphatic rings. The van der Waals surface area contributed by atoms with Gasteiger partial charge < -0.3 is 55.3 Å². The van der Waals surface area contributed by atoms with Gasteiger partial charge in [0, 0.05) is 13.1 Å². The van der Waals surface area contributed by atoms with Crippen molar-refractivity contribution in [2.24, 2.45) is 0 Å². The van der Waals surface area contributed by atoms with Crippen molar-refractivity contribution in [3.8, 4) is 11.5 Å². The molecule has 0 spiro atoms. The van der Waals surface area contributed by atoms with Crippen molar-refractivity contribution < 1.29 is 54.1 Å². The summed E-state index contributed by atoms with van der Waals surface area (Å²) in [6, 6.07) is -0.768. The Morgan fingerprint density at radius 1 is 0.944 bits per heavy atom. The lowest BCUT2D eigenvalue weighted by Crippen LogP contribution is -2.52. The van der Waals surface area contributed by atoms with Crippen molar-refractivity contribution in [3.63, 3.8) is 0 Å². The molecule has 14 nitrogen and oxygen atoms in total. The van der Waals surface area contributed by atoms with Crippen molar-refractivity contribution in [2.75, 3.05) is 51.0 Å². The summed E-state index contributed by atoms with van der Waals surface area (Å²) < 4.78 is 16.8. The second-order valence-electron chi connectivity index (χ2n) is 7.28. The van der Waals surface area contributed by atoms with E-state index in [1.807, 2.05) is 45.2 Å². The molecule has 1 aliphatic heterocycles. The average molecular weight is 851 g/mol. The molecule has 17 heteroatoms. The number of carbonyl (C=O) groups is 3. The first-order chi connectivity index (χ1) is 17.0. The van der Waals surface area contributed by atoms with E-state index in [1.54, 1.807) is 22.6 Å². The maximum Gasteiger partial charge on any atom is 0.412 e. The van der Waals surface area contributed by atoms with E-state index in [4.69, 9.17) is 24.4 Å². The van der Waals surface area contributed by atoms with E-state index in [0.717, 1.165) is 0 Å². The zero-order valence-corrected chi connectivity index (χ0v) is 24.9. The number of aliphatic hydroxyl groups is 5. The van der Waals surface area contributed by atoms with Gasteiger partial charge in [-0.05, 0) is 67.8 Å². The van der Waals surface area contributed by atoms with Crippen LogP contribution in [0.1, 0.15) is 0 Å². The number of benzene rings is 1. The first kappa shape index (κ1) is 31.4. The second-order valence-corrected chi connectivity index (χ2v) is 10.5. The Morgan fingerprint density at radius 2 is 1.42 bits per heavy atom. The molecule has 0 bridgehead atoms. The topological polar surface area (TPSA) is 207 Å². The Hall–Kier alpha value is -0.820. The maximum atomic E-state index is 12.8. The third-order valence-electron chi connectivity index (χ3n) is 4.61. The molecule has 3 amide bonds. The standard InChI is InChI=1S/C19H24I3N3O11/c20-12-15(25-8(3-26)6-34-7-11(25)31)13(21)17(36-19(33)24-2-10(30)5-28)14(22)16(12)35-18(32)23-1-9(29)4-27/h8-10,26-30H,1-7H2,(H,23,32)(H,24,33). The first-order valence-corrected chi connectivity index (χ1v) is 13.5. The van der Waals surface area contributed by atoms with Crippen molar-refractivity contribution in [1.82, 2.24) is 10.6 Å². The lowest BCUT2D eigenvalue weighted by atomic mass is 10.1. The number of ether oxygens (including phenoxy) is 3. The Bertz CT molecular complexity index is 913. The second kappa shape index (κ2) is 14.9. The summed E-state index contributed by atoms with van der Waals surface area (Å²) >= 11 is 5.50. The van der Waals surface area contributed by atoms with Gasteiger partial charge in [-0.25, -0.2) is 9.59 Å². The molecular formula is C19H24I3N3O11. The molecular weight excluding hydrogens is 827 g/mol. The fourth-order valence-electron chi connectivity index (χ4n) is 2.86. The summed E-state index contributed by atoms with van der Waals surface area (Å²) in [6.45, 7) is -2.42. The molecule has 1 fully saturated rings. The fourth-order valence-corrected chi connectivity index (χ4v) is 6.98. The Morgan fingerprint density at radius 3 is 1.83 bits per heavy atom. The summed E-state index contributed by atoms with van der Waals surface area (Å²) in [6.07, 6.45) is -4.40. The number of nitrogens with one attached hydrogen (secondary N) is 2. The van der Waals surface area contributed by atoms with Crippen molar-refractivity contribution in [1.29, 1.82) is 0 Å². The van der Waals surface area contributed by atoms with Gasteiger partial charge in [0.1, 0.15) is 10.2 Å². The maximum absolute atomic E-state index is 12.8. The molecule has 1 saturated heterocycles. The quantitative estimate of drug-likeness (QED) is 0.144. The number of carbonyl (C=O) groups excluding carboxylic acids is 3. The molecule has 1 aromatic carbocycles. The lowest BCUT2D eigenvalue weighted by molar-refractivity contribution is -0.128. The summed E-state index contributed by atoms with van der Waals surface area (Å²) in [5.74, 6) is -0.631. The molecule has 0 saturated carbocycles. The third-order valence-corrected chi connectivity index (χ3v) is 7.59. The average Bonchev–Trinajstić information content (AvgIpc) is 2.86. The third kappa shape index (κ3) is 8.09.